The zero-order chi connectivity index (χ0) is 17.7. The Balaban J connectivity index is 1.90. The summed E-state index contributed by atoms with van der Waals surface area (Å²) in [5.41, 5.74) is 0.287. The van der Waals surface area contributed by atoms with E-state index in [1.807, 2.05) is 19.1 Å². The molecule has 2 amide bonds. The van der Waals surface area contributed by atoms with Crippen LogP contribution in [0.3, 0.4) is 0 Å². The van der Waals surface area contributed by atoms with Gasteiger partial charge in [0.05, 0.1) is 6.54 Å². The number of nitrogens with one attached hydrogen (secondary N) is 2. The van der Waals surface area contributed by atoms with Gasteiger partial charge in [-0.05, 0) is 50.1 Å². The lowest BCUT2D eigenvalue weighted by Gasteiger charge is -2.21. The molecule has 0 aliphatic rings. The lowest BCUT2D eigenvalue weighted by atomic mass is 10.0. The Morgan fingerprint density at radius 2 is 1.79 bits per heavy atom. The minimum absolute atomic E-state index is 0.138. The Hall–Kier alpha value is -2.60. The van der Waals surface area contributed by atoms with Crippen molar-refractivity contribution in [2.75, 3.05) is 11.9 Å². The number of carbonyl (C=O) groups excluding carboxylic acids is 2. The van der Waals surface area contributed by atoms with Gasteiger partial charge in [-0.2, -0.15) is 0 Å². The summed E-state index contributed by atoms with van der Waals surface area (Å²) in [5, 5.41) is 15.3. The molecule has 0 spiro atoms. The van der Waals surface area contributed by atoms with Crippen LogP contribution in [0, 0.1) is 6.92 Å². The van der Waals surface area contributed by atoms with Gasteiger partial charge in [-0.25, -0.2) is 0 Å². The number of rotatable bonds is 5. The predicted octanol–water partition coefficient (Wildman–Crippen LogP) is 2.11. The maximum atomic E-state index is 11.9. The van der Waals surface area contributed by atoms with E-state index in [4.69, 9.17) is 4.42 Å². The predicted molar refractivity (Wildman–Crippen MR) is 90.5 cm³/mol. The second kappa shape index (κ2) is 7.31. The zero-order valence-corrected chi connectivity index (χ0v) is 14.1. The van der Waals surface area contributed by atoms with Crippen LogP contribution in [-0.2, 0) is 21.6 Å². The number of anilines is 1. The molecule has 6 heteroatoms. The van der Waals surface area contributed by atoms with Gasteiger partial charge in [-0.3, -0.25) is 9.59 Å². The first-order valence-corrected chi connectivity index (χ1v) is 7.79. The first-order valence-electron chi connectivity index (χ1n) is 7.79. The van der Waals surface area contributed by atoms with Crippen LogP contribution in [0.2, 0.25) is 0 Å². The monoisotopic (exact) mass is 330 g/mol. The summed E-state index contributed by atoms with van der Waals surface area (Å²) in [6.45, 7) is 5.16. The Labute approximate surface area is 140 Å². The minimum atomic E-state index is -1.40. The molecule has 0 saturated carbocycles. The molecule has 2 aromatic rings. The summed E-state index contributed by atoms with van der Waals surface area (Å²) in [6.07, 6.45) is 0.899. The molecule has 0 aliphatic carbocycles. The number of hydrogen-bond donors (Lipinski definition) is 3. The molecule has 1 aromatic heterocycles. The van der Waals surface area contributed by atoms with Crippen molar-refractivity contribution in [3.63, 3.8) is 0 Å². The highest BCUT2D eigenvalue weighted by atomic mass is 16.4. The summed E-state index contributed by atoms with van der Waals surface area (Å²) >= 11 is 0. The molecule has 0 fully saturated rings. The van der Waals surface area contributed by atoms with Gasteiger partial charge >= 0.3 is 11.8 Å². The fourth-order valence-electron chi connectivity index (χ4n) is 2.16. The number of aliphatic hydroxyl groups is 1. The van der Waals surface area contributed by atoms with Gasteiger partial charge in [0.2, 0.25) is 0 Å². The maximum absolute atomic E-state index is 11.9. The summed E-state index contributed by atoms with van der Waals surface area (Å²) in [5.74, 6) is -0.621. The summed E-state index contributed by atoms with van der Waals surface area (Å²) in [7, 11) is 0. The van der Waals surface area contributed by atoms with Gasteiger partial charge in [0.25, 0.3) is 0 Å². The first-order chi connectivity index (χ1) is 11.3. The van der Waals surface area contributed by atoms with E-state index in [1.165, 1.54) is 6.92 Å². The Morgan fingerprint density at radius 1 is 1.12 bits per heavy atom. The van der Waals surface area contributed by atoms with Crippen LogP contribution in [0.1, 0.15) is 30.9 Å². The van der Waals surface area contributed by atoms with E-state index in [1.54, 1.807) is 31.2 Å². The van der Waals surface area contributed by atoms with Crippen LogP contribution >= 0.6 is 0 Å². The number of furan rings is 1. The summed E-state index contributed by atoms with van der Waals surface area (Å²) in [6, 6.07) is 10.6. The SMILES string of the molecule is CCc1ccc(NC(=O)C(=O)NCC(C)(O)c2ccc(C)o2)cc1. The van der Waals surface area contributed by atoms with Crippen LogP contribution in [0.15, 0.2) is 40.8 Å². The largest absolute Gasteiger partial charge is 0.463 e. The fourth-order valence-corrected chi connectivity index (χ4v) is 2.16. The van der Waals surface area contributed by atoms with Crippen molar-refractivity contribution in [3.8, 4) is 0 Å². The highest BCUT2D eigenvalue weighted by Gasteiger charge is 2.28. The molecule has 6 nitrogen and oxygen atoms in total. The minimum Gasteiger partial charge on any atom is -0.463 e. The third-order valence-electron chi connectivity index (χ3n) is 3.69. The molecule has 0 radical (unpaired) electrons. The van der Waals surface area contributed by atoms with Crippen LogP contribution in [0.5, 0.6) is 0 Å². The van der Waals surface area contributed by atoms with Crippen molar-refractivity contribution in [3.05, 3.63) is 53.5 Å². The van der Waals surface area contributed by atoms with Crippen molar-refractivity contribution in [1.29, 1.82) is 0 Å². The molecule has 0 aliphatic heterocycles. The van der Waals surface area contributed by atoms with E-state index in [-0.39, 0.29) is 6.54 Å². The van der Waals surface area contributed by atoms with Gasteiger partial charge in [0.15, 0.2) is 0 Å². The van der Waals surface area contributed by atoms with Crippen LogP contribution in [-0.4, -0.2) is 23.5 Å². The molecule has 1 unspecified atom stereocenters. The van der Waals surface area contributed by atoms with Gasteiger partial charge in [-0.15, -0.1) is 0 Å². The van der Waals surface area contributed by atoms with Crippen molar-refractivity contribution < 1.29 is 19.1 Å². The van der Waals surface area contributed by atoms with Gasteiger partial charge in [0, 0.05) is 5.69 Å². The van der Waals surface area contributed by atoms with Crippen LogP contribution in [0.4, 0.5) is 5.69 Å². The molecule has 24 heavy (non-hydrogen) atoms. The van der Waals surface area contributed by atoms with E-state index in [0.29, 0.717) is 17.2 Å². The molecule has 2 rings (SSSR count). The number of amides is 2. The topological polar surface area (TPSA) is 91.6 Å². The van der Waals surface area contributed by atoms with Gasteiger partial charge in [0.1, 0.15) is 17.1 Å². The van der Waals surface area contributed by atoms with Gasteiger partial charge in [-0.1, -0.05) is 19.1 Å². The van der Waals surface area contributed by atoms with E-state index < -0.39 is 17.4 Å². The molecule has 3 N–H and O–H groups in total. The zero-order valence-electron chi connectivity index (χ0n) is 14.1. The van der Waals surface area contributed by atoms with Crippen molar-refractivity contribution in [2.24, 2.45) is 0 Å². The van der Waals surface area contributed by atoms with E-state index in [9.17, 15) is 14.7 Å². The fraction of sp³-hybridized carbons (Fsp3) is 0.333. The summed E-state index contributed by atoms with van der Waals surface area (Å²) < 4.78 is 5.36. The first kappa shape index (κ1) is 17.7. The van der Waals surface area contributed by atoms with Crippen molar-refractivity contribution >= 4 is 17.5 Å². The van der Waals surface area contributed by atoms with Gasteiger partial charge < -0.3 is 20.2 Å². The Kier molecular flexibility index (Phi) is 5.41. The molecule has 1 heterocycles. The molecular formula is C18H22N2O4. The molecule has 0 saturated heterocycles. The quantitative estimate of drug-likeness (QED) is 0.732. The molecule has 1 aromatic carbocycles. The van der Waals surface area contributed by atoms with Crippen molar-refractivity contribution in [1.82, 2.24) is 5.32 Å². The van der Waals surface area contributed by atoms with Crippen LogP contribution < -0.4 is 10.6 Å². The standard InChI is InChI=1S/C18H22N2O4/c1-4-13-6-8-14(9-7-13)20-17(22)16(21)19-11-18(3,23)15-10-5-12(2)24-15/h5-10,23H,4,11H2,1-3H3,(H,19,21)(H,20,22). The maximum Gasteiger partial charge on any atom is 0.313 e. The lowest BCUT2D eigenvalue weighted by Crippen LogP contribution is -2.43. The van der Waals surface area contributed by atoms with E-state index in [2.05, 4.69) is 10.6 Å². The number of hydrogen-bond acceptors (Lipinski definition) is 4. The average molecular weight is 330 g/mol. The molecule has 0 bridgehead atoms. The second-order valence-electron chi connectivity index (χ2n) is 5.87. The Morgan fingerprint density at radius 3 is 2.33 bits per heavy atom. The van der Waals surface area contributed by atoms with E-state index >= 15 is 0 Å². The average Bonchev–Trinajstić information content (AvgIpc) is 3.00. The third-order valence-corrected chi connectivity index (χ3v) is 3.69. The third kappa shape index (κ3) is 4.45. The number of carbonyl (C=O) groups is 2. The van der Waals surface area contributed by atoms with Crippen molar-refractivity contribution in [2.45, 2.75) is 32.8 Å². The second-order valence-corrected chi connectivity index (χ2v) is 5.87. The number of aryl methyl sites for hydroxylation is 2. The normalized spacial score (nSPS) is 13.2. The molecular weight excluding hydrogens is 308 g/mol. The molecule has 1 atom stereocenters. The van der Waals surface area contributed by atoms with E-state index in [0.717, 1.165) is 12.0 Å². The highest BCUT2D eigenvalue weighted by molar-refractivity contribution is 6.39. The molecule has 128 valence electrons. The smallest absolute Gasteiger partial charge is 0.313 e. The number of benzene rings is 1. The van der Waals surface area contributed by atoms with Crippen LogP contribution in [0.25, 0.3) is 0 Å². The highest BCUT2D eigenvalue weighted by Crippen LogP contribution is 2.21. The Bertz CT molecular complexity index is 717. The summed E-state index contributed by atoms with van der Waals surface area (Å²) in [4.78, 5) is 23.8. The lowest BCUT2D eigenvalue weighted by molar-refractivity contribution is -0.136.